The first-order chi connectivity index (χ1) is 13.9. The number of nitrogens with zero attached hydrogens (tertiary/aromatic N) is 4. The van der Waals surface area contributed by atoms with Crippen molar-refractivity contribution in [1.29, 1.82) is 0 Å². The molecule has 0 radical (unpaired) electrons. The molecule has 2 aromatic heterocycles. The molecule has 2 N–H and O–H groups in total. The lowest BCUT2D eigenvalue weighted by Crippen LogP contribution is -2.20. The van der Waals surface area contributed by atoms with Crippen molar-refractivity contribution in [3.63, 3.8) is 0 Å². The standard InChI is InChI=1S/C20H22N6O3/c1-5-29-19(28)15-11-22-20(26-13(3)10-12(2)25-26)24-17(15)23-16-9-7-6-8-14(16)18(27)21-4/h6-11H,5H2,1-4H3,(H,21,27)(H,22,23,24). The van der Waals surface area contributed by atoms with E-state index >= 15 is 0 Å². The minimum absolute atomic E-state index is 0.156. The lowest BCUT2D eigenvalue weighted by Gasteiger charge is -2.14. The predicted octanol–water partition coefficient (Wildman–Crippen LogP) is 2.56. The van der Waals surface area contributed by atoms with Crippen LogP contribution in [0.4, 0.5) is 11.5 Å². The largest absolute Gasteiger partial charge is 0.462 e. The second-order valence-electron chi connectivity index (χ2n) is 6.24. The van der Waals surface area contributed by atoms with E-state index in [2.05, 4.69) is 25.7 Å². The molecule has 29 heavy (non-hydrogen) atoms. The Hall–Kier alpha value is -3.75. The normalized spacial score (nSPS) is 10.5. The fourth-order valence-corrected chi connectivity index (χ4v) is 2.81. The maximum absolute atomic E-state index is 12.4. The van der Waals surface area contributed by atoms with Crippen LogP contribution in [0.15, 0.2) is 36.5 Å². The van der Waals surface area contributed by atoms with Gasteiger partial charge in [0.25, 0.3) is 11.9 Å². The smallest absolute Gasteiger partial charge is 0.343 e. The first kappa shape index (κ1) is 20.0. The van der Waals surface area contributed by atoms with Crippen LogP contribution in [0.3, 0.4) is 0 Å². The molecule has 0 spiro atoms. The number of aromatic nitrogens is 4. The molecule has 0 saturated heterocycles. The molecular formula is C20H22N6O3. The topological polar surface area (TPSA) is 111 Å². The van der Waals surface area contributed by atoms with Crippen LogP contribution in [-0.2, 0) is 4.74 Å². The monoisotopic (exact) mass is 394 g/mol. The molecule has 1 aromatic carbocycles. The van der Waals surface area contributed by atoms with Gasteiger partial charge in [0.1, 0.15) is 5.56 Å². The van der Waals surface area contributed by atoms with Gasteiger partial charge in [0.2, 0.25) is 0 Å². The Morgan fingerprint density at radius 1 is 1.17 bits per heavy atom. The maximum Gasteiger partial charge on any atom is 0.343 e. The molecule has 0 unspecified atom stereocenters. The Labute approximate surface area is 168 Å². The number of ether oxygens (including phenoxy) is 1. The molecule has 0 aliphatic carbocycles. The summed E-state index contributed by atoms with van der Waals surface area (Å²) in [5.41, 5.74) is 2.73. The summed E-state index contributed by atoms with van der Waals surface area (Å²) < 4.78 is 6.70. The molecule has 0 aliphatic heterocycles. The van der Waals surface area contributed by atoms with E-state index < -0.39 is 5.97 Å². The van der Waals surface area contributed by atoms with Gasteiger partial charge in [-0.15, -0.1) is 0 Å². The van der Waals surface area contributed by atoms with Gasteiger partial charge in [-0.1, -0.05) is 12.1 Å². The zero-order valence-corrected chi connectivity index (χ0v) is 16.7. The van der Waals surface area contributed by atoms with E-state index in [1.54, 1.807) is 42.9 Å². The number of carbonyl (C=O) groups excluding carboxylic acids is 2. The number of hydrogen-bond acceptors (Lipinski definition) is 7. The lowest BCUT2D eigenvalue weighted by molar-refractivity contribution is 0.0526. The van der Waals surface area contributed by atoms with Gasteiger partial charge in [-0.05, 0) is 39.0 Å². The van der Waals surface area contributed by atoms with E-state index in [1.165, 1.54) is 6.20 Å². The fourth-order valence-electron chi connectivity index (χ4n) is 2.81. The van der Waals surface area contributed by atoms with Crippen molar-refractivity contribution in [1.82, 2.24) is 25.1 Å². The van der Waals surface area contributed by atoms with Gasteiger partial charge >= 0.3 is 5.97 Å². The summed E-state index contributed by atoms with van der Waals surface area (Å²) in [5.74, 6) is -0.313. The molecule has 0 atom stereocenters. The van der Waals surface area contributed by atoms with Gasteiger partial charge in [-0.2, -0.15) is 10.1 Å². The highest BCUT2D eigenvalue weighted by molar-refractivity contribution is 6.01. The number of nitrogens with one attached hydrogen (secondary N) is 2. The number of amides is 1. The highest BCUT2D eigenvalue weighted by Crippen LogP contribution is 2.24. The van der Waals surface area contributed by atoms with Gasteiger partial charge in [-0.3, -0.25) is 4.79 Å². The third-order valence-electron chi connectivity index (χ3n) is 4.12. The summed E-state index contributed by atoms with van der Waals surface area (Å²) in [4.78, 5) is 33.4. The molecule has 2 heterocycles. The van der Waals surface area contributed by atoms with Crippen molar-refractivity contribution in [2.24, 2.45) is 0 Å². The average molecular weight is 394 g/mol. The molecule has 1 amide bonds. The third-order valence-corrected chi connectivity index (χ3v) is 4.12. The molecule has 0 fully saturated rings. The number of carbonyl (C=O) groups is 2. The molecule has 0 saturated carbocycles. The summed E-state index contributed by atoms with van der Waals surface area (Å²) >= 11 is 0. The number of esters is 1. The van der Waals surface area contributed by atoms with Crippen LogP contribution < -0.4 is 10.6 Å². The van der Waals surface area contributed by atoms with Gasteiger partial charge in [0.15, 0.2) is 5.82 Å². The molecule has 0 aliphatic rings. The van der Waals surface area contributed by atoms with Gasteiger partial charge < -0.3 is 15.4 Å². The second kappa shape index (κ2) is 8.51. The van der Waals surface area contributed by atoms with Crippen molar-refractivity contribution < 1.29 is 14.3 Å². The molecule has 150 valence electrons. The third kappa shape index (κ3) is 4.23. The van der Waals surface area contributed by atoms with Gasteiger partial charge in [-0.25, -0.2) is 14.5 Å². The summed E-state index contributed by atoms with van der Waals surface area (Å²) in [5, 5.41) is 10.1. The predicted molar refractivity (Wildman–Crippen MR) is 108 cm³/mol. The highest BCUT2D eigenvalue weighted by Gasteiger charge is 2.19. The van der Waals surface area contributed by atoms with Crippen LogP contribution in [-0.4, -0.2) is 45.3 Å². The van der Waals surface area contributed by atoms with Crippen molar-refractivity contribution in [3.8, 4) is 5.95 Å². The zero-order valence-electron chi connectivity index (χ0n) is 16.7. The van der Waals surface area contributed by atoms with Crippen LogP contribution >= 0.6 is 0 Å². The number of hydrogen-bond donors (Lipinski definition) is 2. The summed E-state index contributed by atoms with van der Waals surface area (Å²) in [7, 11) is 1.55. The maximum atomic E-state index is 12.4. The van der Waals surface area contributed by atoms with Crippen molar-refractivity contribution >= 4 is 23.4 Å². The van der Waals surface area contributed by atoms with Crippen molar-refractivity contribution in [3.05, 3.63) is 59.0 Å². The van der Waals surface area contributed by atoms with Gasteiger partial charge in [0.05, 0.1) is 23.6 Å². The Morgan fingerprint density at radius 2 is 1.93 bits per heavy atom. The van der Waals surface area contributed by atoms with Crippen molar-refractivity contribution in [2.45, 2.75) is 20.8 Å². The molecule has 0 bridgehead atoms. The number of aryl methyl sites for hydroxylation is 2. The van der Waals surface area contributed by atoms with E-state index in [1.807, 2.05) is 19.9 Å². The zero-order chi connectivity index (χ0) is 21.0. The summed E-state index contributed by atoms with van der Waals surface area (Å²) in [6, 6.07) is 8.83. The number of benzene rings is 1. The Bertz CT molecular complexity index is 1060. The van der Waals surface area contributed by atoms with E-state index in [0.29, 0.717) is 17.2 Å². The SMILES string of the molecule is CCOC(=O)c1cnc(-n2nc(C)cc2C)nc1Nc1ccccc1C(=O)NC. The number of anilines is 2. The van der Waals surface area contributed by atoms with Crippen LogP contribution in [0.2, 0.25) is 0 Å². The molecular weight excluding hydrogens is 372 g/mol. The van der Waals surface area contributed by atoms with E-state index in [-0.39, 0.29) is 23.9 Å². The number of rotatable bonds is 6. The molecule has 3 rings (SSSR count). The average Bonchev–Trinajstić information content (AvgIpc) is 3.06. The first-order valence-corrected chi connectivity index (χ1v) is 9.10. The number of para-hydroxylation sites is 1. The fraction of sp³-hybridized carbons (Fsp3) is 0.250. The quantitative estimate of drug-likeness (QED) is 0.618. The highest BCUT2D eigenvalue weighted by atomic mass is 16.5. The summed E-state index contributed by atoms with van der Waals surface area (Å²) in [6.45, 7) is 5.69. The Kier molecular flexibility index (Phi) is 5.87. The van der Waals surface area contributed by atoms with E-state index in [0.717, 1.165) is 11.4 Å². The summed E-state index contributed by atoms with van der Waals surface area (Å²) in [6.07, 6.45) is 1.39. The van der Waals surface area contributed by atoms with Crippen molar-refractivity contribution in [2.75, 3.05) is 19.0 Å². The molecule has 9 nitrogen and oxygen atoms in total. The van der Waals surface area contributed by atoms with E-state index in [9.17, 15) is 9.59 Å². The molecule has 3 aromatic rings. The van der Waals surface area contributed by atoms with Crippen LogP contribution in [0.5, 0.6) is 0 Å². The first-order valence-electron chi connectivity index (χ1n) is 9.10. The Morgan fingerprint density at radius 3 is 2.59 bits per heavy atom. The second-order valence-corrected chi connectivity index (χ2v) is 6.24. The lowest BCUT2D eigenvalue weighted by atomic mass is 10.1. The Balaban J connectivity index is 2.10. The molecule has 9 heteroatoms. The van der Waals surface area contributed by atoms with Gasteiger partial charge in [0, 0.05) is 18.9 Å². The van der Waals surface area contributed by atoms with Crippen LogP contribution in [0.1, 0.15) is 39.0 Å². The minimum atomic E-state index is -0.563. The van der Waals surface area contributed by atoms with Crippen LogP contribution in [0.25, 0.3) is 5.95 Å². The minimum Gasteiger partial charge on any atom is -0.462 e. The van der Waals surface area contributed by atoms with Crippen LogP contribution in [0, 0.1) is 13.8 Å². The van der Waals surface area contributed by atoms with E-state index in [4.69, 9.17) is 4.74 Å².